The maximum Gasteiger partial charge on any atom is 0.252 e. The molecule has 4 aliphatic heterocycles. The number of anilines is 6. The quantitative estimate of drug-likeness (QED) is 0.141. The molecule has 0 spiro atoms. The molecule has 0 radical (unpaired) electrons. The molecule has 0 atom stereocenters. The largest absolute Gasteiger partial charge is 0.311 e. The van der Waals surface area contributed by atoms with Crippen molar-refractivity contribution in [3.63, 3.8) is 0 Å². The molecule has 2 aromatic heterocycles. The van der Waals surface area contributed by atoms with Crippen LogP contribution in [0.3, 0.4) is 0 Å². The number of aromatic nitrogens is 2. The van der Waals surface area contributed by atoms with E-state index in [2.05, 4.69) is 275 Å². The van der Waals surface area contributed by atoms with Gasteiger partial charge in [0.1, 0.15) is 0 Å². The summed E-state index contributed by atoms with van der Waals surface area (Å²) < 4.78 is 5.37. The minimum Gasteiger partial charge on any atom is -0.311 e. The first kappa shape index (κ1) is 54.9. The van der Waals surface area contributed by atoms with Gasteiger partial charge in [0.25, 0.3) is 13.4 Å². The summed E-state index contributed by atoms with van der Waals surface area (Å²) in [6, 6.07) is 59.9. The molecule has 0 fully saturated rings. The van der Waals surface area contributed by atoms with Crippen LogP contribution >= 0.6 is 0 Å². The summed E-state index contributed by atoms with van der Waals surface area (Å²) in [5, 5.41) is 5.36. The Morgan fingerprint density at radius 3 is 1.22 bits per heavy atom. The third kappa shape index (κ3) is 8.16. The molecule has 0 bridgehead atoms. The van der Waals surface area contributed by atoms with Crippen LogP contribution in [0.2, 0.25) is 0 Å². The second-order valence-corrected chi connectivity index (χ2v) is 30.5. The van der Waals surface area contributed by atoms with Crippen LogP contribution in [0.4, 0.5) is 34.1 Å². The summed E-state index contributed by atoms with van der Waals surface area (Å²) in [5.41, 5.74) is 34.0. The molecular formula is C80H84B2N4. The number of fused-ring (bicyclic) bond motifs is 14. The summed E-state index contributed by atoms with van der Waals surface area (Å²) in [5.74, 6) is 0. The molecule has 4 aliphatic rings. The summed E-state index contributed by atoms with van der Waals surface area (Å²) in [6.07, 6.45) is 6.86. The van der Waals surface area contributed by atoms with Crippen molar-refractivity contribution < 1.29 is 0 Å². The van der Waals surface area contributed by atoms with Crippen molar-refractivity contribution in [1.29, 1.82) is 0 Å². The van der Waals surface area contributed by atoms with E-state index >= 15 is 0 Å². The molecule has 6 heterocycles. The van der Waals surface area contributed by atoms with E-state index < -0.39 is 0 Å². The molecule has 0 saturated carbocycles. The summed E-state index contributed by atoms with van der Waals surface area (Å²) in [4.78, 5) is 5.40. The van der Waals surface area contributed by atoms with Crippen molar-refractivity contribution in [2.75, 3.05) is 9.80 Å². The Labute approximate surface area is 512 Å². The molecule has 15 rings (SSSR count). The van der Waals surface area contributed by atoms with Gasteiger partial charge < -0.3 is 18.9 Å². The van der Waals surface area contributed by atoms with E-state index in [1.807, 2.05) is 0 Å². The SMILES string of the molecule is CCCCc1ccc(N2c3cc4c(cc3B3c5c2cc(C(C)(C)C)cc5-n2c5ccc(C(C)(C)C)cc5c5cc(C)cc3c52)B2c3c(cc(C(C)(C)C)cc3-n3c5ccc(C)cc5c5cc(C(C)(C)C)cc2c53)N4c2ccc(CCCC)cc2)cc1. The smallest absolute Gasteiger partial charge is 0.252 e. The molecular weight excluding hydrogens is 1040 g/mol. The van der Waals surface area contributed by atoms with Gasteiger partial charge in [-0.2, -0.15) is 0 Å². The average molecular weight is 1120 g/mol. The third-order valence-electron chi connectivity index (χ3n) is 20.3. The fourth-order valence-electron chi connectivity index (χ4n) is 15.5. The lowest BCUT2D eigenvalue weighted by Gasteiger charge is -2.45. The van der Waals surface area contributed by atoms with E-state index in [-0.39, 0.29) is 35.1 Å². The number of nitrogens with zero attached hydrogens (tertiary/aromatic N) is 4. The van der Waals surface area contributed by atoms with Gasteiger partial charge in [0.2, 0.25) is 0 Å². The minimum absolute atomic E-state index is 0.00181. The Hall–Kier alpha value is -7.69. The van der Waals surface area contributed by atoms with Crippen LogP contribution in [-0.4, -0.2) is 22.6 Å². The first-order valence-electron chi connectivity index (χ1n) is 32.4. The van der Waals surface area contributed by atoms with E-state index in [0.29, 0.717) is 0 Å². The standard InChI is InChI=1S/C80H84B2N4/c1-17-19-21-49-24-29-55(30-25-49)83-67-46-68-62(45-61(67)81-63-37-48(4)36-59-58-38-51(77(5,6)7)28-34-66(58)86(75(59)63)71-43-53(79(11,12)13)41-69(83)73(71)81)82-64-40-52(78(8,9)10)39-60-57-35-47(3)23-33-65(57)85(76(60)64)72-44-54(80(14,15)16)42-70(74(72)82)84(68)56-31-26-50(27-32-56)22-20-18-2/h23-46H,17-22H2,1-16H3. The van der Waals surface area contributed by atoms with Gasteiger partial charge in [0, 0.05) is 78.1 Å². The highest BCUT2D eigenvalue weighted by Crippen LogP contribution is 2.49. The molecule has 0 amide bonds. The van der Waals surface area contributed by atoms with Crippen LogP contribution in [0.25, 0.3) is 55.0 Å². The molecule has 0 saturated heterocycles. The maximum atomic E-state index is 2.75. The third-order valence-corrected chi connectivity index (χ3v) is 20.3. The Balaban J connectivity index is 1.12. The van der Waals surface area contributed by atoms with Gasteiger partial charge in [0.15, 0.2) is 0 Å². The van der Waals surface area contributed by atoms with Gasteiger partial charge in [-0.25, -0.2) is 0 Å². The number of rotatable bonds is 8. The molecule has 9 aromatic carbocycles. The molecule has 4 nitrogen and oxygen atoms in total. The molecule has 0 N–H and O–H groups in total. The lowest BCUT2D eigenvalue weighted by atomic mass is 9.30. The maximum absolute atomic E-state index is 2.75. The van der Waals surface area contributed by atoms with Crippen molar-refractivity contribution in [3.8, 4) is 11.4 Å². The van der Waals surface area contributed by atoms with Gasteiger partial charge in [-0.05, 0) is 218 Å². The molecule has 430 valence electrons. The molecule has 0 aliphatic carbocycles. The highest BCUT2D eigenvalue weighted by atomic mass is 15.2. The number of hydrogen-bond acceptors (Lipinski definition) is 2. The van der Waals surface area contributed by atoms with Crippen molar-refractivity contribution in [1.82, 2.24) is 9.13 Å². The van der Waals surface area contributed by atoms with Crippen LogP contribution < -0.4 is 42.6 Å². The summed E-state index contributed by atoms with van der Waals surface area (Å²) in [6.45, 7) is 37.8. The van der Waals surface area contributed by atoms with E-state index in [1.54, 1.807) is 0 Å². The number of aryl methyl sites for hydroxylation is 4. The molecule has 6 heteroatoms. The number of hydrogen-bond donors (Lipinski definition) is 0. The Morgan fingerprint density at radius 2 is 0.744 bits per heavy atom. The highest BCUT2D eigenvalue weighted by Gasteiger charge is 2.48. The fraction of sp³-hybridized carbons (Fsp3) is 0.325. The Morgan fingerprint density at radius 1 is 0.337 bits per heavy atom. The summed E-state index contributed by atoms with van der Waals surface area (Å²) in [7, 11) is 0. The monoisotopic (exact) mass is 1120 g/mol. The predicted octanol–water partition coefficient (Wildman–Crippen LogP) is 17.6. The van der Waals surface area contributed by atoms with E-state index in [4.69, 9.17) is 0 Å². The number of benzene rings is 9. The second kappa shape index (κ2) is 18.9. The topological polar surface area (TPSA) is 16.3 Å². The fourth-order valence-corrected chi connectivity index (χ4v) is 15.5. The zero-order chi connectivity index (χ0) is 60.0. The van der Waals surface area contributed by atoms with Crippen LogP contribution in [0, 0.1) is 13.8 Å². The van der Waals surface area contributed by atoms with E-state index in [1.165, 1.54) is 192 Å². The normalized spacial score (nSPS) is 14.2. The second-order valence-electron chi connectivity index (χ2n) is 30.5. The van der Waals surface area contributed by atoms with Crippen molar-refractivity contribution in [2.24, 2.45) is 0 Å². The first-order valence-corrected chi connectivity index (χ1v) is 32.4. The predicted molar refractivity (Wildman–Crippen MR) is 375 cm³/mol. The minimum atomic E-state index is -0.136. The Bertz CT molecular complexity index is 4670. The number of unbranched alkanes of at least 4 members (excludes halogenated alkanes) is 2. The van der Waals surface area contributed by atoms with Crippen LogP contribution in [0.15, 0.2) is 146 Å². The van der Waals surface area contributed by atoms with E-state index in [0.717, 1.165) is 12.8 Å². The van der Waals surface area contributed by atoms with Crippen LogP contribution in [0.1, 0.15) is 167 Å². The molecule has 86 heavy (non-hydrogen) atoms. The van der Waals surface area contributed by atoms with Gasteiger partial charge in [-0.15, -0.1) is 0 Å². The van der Waals surface area contributed by atoms with Gasteiger partial charge in [0.05, 0.1) is 11.0 Å². The zero-order valence-corrected chi connectivity index (χ0v) is 54.0. The van der Waals surface area contributed by atoms with Crippen LogP contribution in [0.5, 0.6) is 0 Å². The lowest BCUT2D eigenvalue weighted by Crippen LogP contribution is -2.64. The Kier molecular flexibility index (Phi) is 12.1. The zero-order valence-electron chi connectivity index (χ0n) is 54.0. The van der Waals surface area contributed by atoms with Gasteiger partial charge in [-0.1, -0.05) is 175 Å². The van der Waals surface area contributed by atoms with Gasteiger partial charge >= 0.3 is 0 Å². The van der Waals surface area contributed by atoms with Crippen molar-refractivity contribution in [3.05, 3.63) is 190 Å². The highest BCUT2D eigenvalue weighted by molar-refractivity contribution is 7.03. The molecule has 0 unspecified atom stereocenters. The first-order chi connectivity index (χ1) is 40.9. The molecule has 11 aromatic rings. The summed E-state index contributed by atoms with van der Waals surface area (Å²) >= 11 is 0. The van der Waals surface area contributed by atoms with Crippen molar-refractivity contribution in [2.45, 2.75) is 171 Å². The van der Waals surface area contributed by atoms with Gasteiger partial charge in [-0.3, -0.25) is 0 Å². The van der Waals surface area contributed by atoms with Crippen molar-refractivity contribution >= 4 is 124 Å². The average Bonchev–Trinajstić information content (AvgIpc) is 1.25. The van der Waals surface area contributed by atoms with E-state index in [9.17, 15) is 0 Å². The van der Waals surface area contributed by atoms with Crippen LogP contribution in [-0.2, 0) is 34.5 Å². The lowest BCUT2D eigenvalue weighted by molar-refractivity contribution is 0.590.